The van der Waals surface area contributed by atoms with Gasteiger partial charge in [0.25, 0.3) is 5.91 Å². The van der Waals surface area contributed by atoms with E-state index in [0.717, 1.165) is 17.3 Å². The highest BCUT2D eigenvalue weighted by Crippen LogP contribution is 2.21. The van der Waals surface area contributed by atoms with E-state index in [1.807, 2.05) is 11.0 Å². The largest absolute Gasteiger partial charge is 0.383 e. The summed E-state index contributed by atoms with van der Waals surface area (Å²) in [5.41, 5.74) is 0.579. The van der Waals surface area contributed by atoms with Crippen molar-refractivity contribution in [3.8, 4) is 0 Å². The van der Waals surface area contributed by atoms with Crippen molar-refractivity contribution in [2.45, 2.75) is 32.7 Å². The molecule has 0 spiro atoms. The van der Waals surface area contributed by atoms with E-state index in [4.69, 9.17) is 4.74 Å². The van der Waals surface area contributed by atoms with Crippen LogP contribution < -0.4 is 5.32 Å². The molecule has 0 aliphatic heterocycles. The Bertz CT molecular complexity index is 464. The maximum atomic E-state index is 12.9. The number of nitrogens with one attached hydrogen (secondary N) is 1. The van der Waals surface area contributed by atoms with E-state index < -0.39 is 0 Å². The first kappa shape index (κ1) is 17.9. The molecular weight excluding hydrogens is 334 g/mol. The summed E-state index contributed by atoms with van der Waals surface area (Å²) < 4.78 is 5.94. The van der Waals surface area contributed by atoms with E-state index in [1.54, 1.807) is 20.4 Å². The van der Waals surface area contributed by atoms with E-state index in [0.29, 0.717) is 24.5 Å². The molecule has 0 saturated carbocycles. The van der Waals surface area contributed by atoms with Gasteiger partial charge in [-0.15, -0.1) is 0 Å². The number of ether oxygens (including phenoxy) is 1. The standard InChI is InChI=1S/C15H24BrN3O2/c1-5-12(6-2)19(7-8-21-4)15(20)13-9-11(16)10-18-14(13)17-3/h9-10,12H,5-8H2,1-4H3,(H,17,18). The molecule has 1 N–H and O–H groups in total. The normalized spacial score (nSPS) is 10.8. The highest BCUT2D eigenvalue weighted by Gasteiger charge is 2.24. The number of hydrogen-bond donors (Lipinski definition) is 1. The lowest BCUT2D eigenvalue weighted by Crippen LogP contribution is -2.42. The molecule has 0 aliphatic carbocycles. The molecule has 118 valence electrons. The number of anilines is 1. The van der Waals surface area contributed by atoms with Crippen molar-refractivity contribution in [1.29, 1.82) is 0 Å². The third kappa shape index (κ3) is 4.68. The third-order valence-electron chi connectivity index (χ3n) is 3.50. The van der Waals surface area contributed by atoms with E-state index in [1.165, 1.54) is 0 Å². The van der Waals surface area contributed by atoms with Crippen molar-refractivity contribution in [3.63, 3.8) is 0 Å². The molecule has 6 heteroatoms. The molecule has 1 aromatic heterocycles. The van der Waals surface area contributed by atoms with Crippen LogP contribution in [-0.4, -0.2) is 49.1 Å². The van der Waals surface area contributed by atoms with Gasteiger partial charge in [-0.1, -0.05) is 13.8 Å². The summed E-state index contributed by atoms with van der Waals surface area (Å²) in [4.78, 5) is 19.0. The van der Waals surface area contributed by atoms with Crippen LogP contribution in [0.3, 0.4) is 0 Å². The van der Waals surface area contributed by atoms with Crippen LogP contribution in [0.25, 0.3) is 0 Å². The lowest BCUT2D eigenvalue weighted by Gasteiger charge is -2.31. The van der Waals surface area contributed by atoms with Gasteiger partial charge in [-0.3, -0.25) is 4.79 Å². The monoisotopic (exact) mass is 357 g/mol. The molecule has 0 radical (unpaired) electrons. The molecular formula is C15H24BrN3O2. The number of halogens is 1. The number of hydrogen-bond acceptors (Lipinski definition) is 4. The van der Waals surface area contributed by atoms with Crippen LogP contribution >= 0.6 is 15.9 Å². The maximum absolute atomic E-state index is 12.9. The molecule has 1 amide bonds. The summed E-state index contributed by atoms with van der Waals surface area (Å²) in [6, 6.07) is 2.01. The predicted molar refractivity (Wildman–Crippen MR) is 88.8 cm³/mol. The van der Waals surface area contributed by atoms with E-state index >= 15 is 0 Å². The Hall–Kier alpha value is -1.14. The zero-order valence-electron chi connectivity index (χ0n) is 13.1. The van der Waals surface area contributed by atoms with Crippen molar-refractivity contribution in [3.05, 3.63) is 22.3 Å². The highest BCUT2D eigenvalue weighted by atomic mass is 79.9. The molecule has 0 unspecified atom stereocenters. The Morgan fingerprint density at radius 3 is 2.67 bits per heavy atom. The van der Waals surface area contributed by atoms with Crippen molar-refractivity contribution in [2.75, 3.05) is 32.6 Å². The second-order valence-electron chi connectivity index (χ2n) is 4.76. The van der Waals surface area contributed by atoms with Crippen molar-refractivity contribution < 1.29 is 9.53 Å². The average molecular weight is 358 g/mol. The summed E-state index contributed by atoms with van der Waals surface area (Å²) in [6.45, 7) is 5.30. The lowest BCUT2D eigenvalue weighted by molar-refractivity contribution is 0.0590. The number of amides is 1. The first-order valence-corrected chi connectivity index (χ1v) is 8.01. The average Bonchev–Trinajstić information content (AvgIpc) is 2.50. The fourth-order valence-corrected chi connectivity index (χ4v) is 2.66. The van der Waals surface area contributed by atoms with Crippen LogP contribution in [0, 0.1) is 0 Å². The zero-order chi connectivity index (χ0) is 15.8. The fraction of sp³-hybridized carbons (Fsp3) is 0.600. The van der Waals surface area contributed by atoms with Gasteiger partial charge in [-0.05, 0) is 34.8 Å². The first-order valence-electron chi connectivity index (χ1n) is 7.22. The van der Waals surface area contributed by atoms with Crippen molar-refractivity contribution >= 4 is 27.7 Å². The summed E-state index contributed by atoms with van der Waals surface area (Å²) in [5, 5.41) is 2.98. The zero-order valence-corrected chi connectivity index (χ0v) is 14.7. The van der Waals surface area contributed by atoms with Gasteiger partial charge in [0.15, 0.2) is 0 Å². The number of carbonyl (C=O) groups is 1. The van der Waals surface area contributed by atoms with Gasteiger partial charge in [0.2, 0.25) is 0 Å². The van der Waals surface area contributed by atoms with E-state index in [2.05, 4.69) is 40.1 Å². The van der Waals surface area contributed by atoms with Gasteiger partial charge in [0, 0.05) is 37.4 Å². The second kappa shape index (κ2) is 9.00. The molecule has 0 saturated heterocycles. The van der Waals surface area contributed by atoms with Crippen LogP contribution in [0.15, 0.2) is 16.7 Å². The smallest absolute Gasteiger partial charge is 0.257 e. The number of nitrogens with zero attached hydrogens (tertiary/aromatic N) is 2. The Balaban J connectivity index is 3.11. The predicted octanol–water partition coefficient (Wildman–Crippen LogP) is 3.16. The van der Waals surface area contributed by atoms with Gasteiger partial charge in [-0.25, -0.2) is 4.98 Å². The molecule has 0 bridgehead atoms. The minimum atomic E-state index is -0.0149. The number of pyridine rings is 1. The van der Waals surface area contributed by atoms with E-state index in [9.17, 15) is 4.79 Å². The molecule has 1 heterocycles. The highest BCUT2D eigenvalue weighted by molar-refractivity contribution is 9.10. The van der Waals surface area contributed by atoms with Gasteiger partial charge in [-0.2, -0.15) is 0 Å². The van der Waals surface area contributed by atoms with Gasteiger partial charge in [0.05, 0.1) is 12.2 Å². The number of methoxy groups -OCH3 is 1. The molecule has 5 nitrogen and oxygen atoms in total. The Kier molecular flexibility index (Phi) is 7.67. The Morgan fingerprint density at radius 2 is 2.14 bits per heavy atom. The molecule has 0 aromatic carbocycles. The molecule has 0 aliphatic rings. The van der Waals surface area contributed by atoms with Crippen molar-refractivity contribution in [1.82, 2.24) is 9.88 Å². The molecule has 0 atom stereocenters. The molecule has 1 rings (SSSR count). The van der Waals surface area contributed by atoms with Gasteiger partial charge >= 0.3 is 0 Å². The number of carbonyl (C=O) groups excluding carboxylic acids is 1. The summed E-state index contributed by atoms with van der Waals surface area (Å²) in [6.07, 6.45) is 3.52. The van der Waals surface area contributed by atoms with Crippen LogP contribution in [0.2, 0.25) is 0 Å². The second-order valence-corrected chi connectivity index (χ2v) is 5.68. The fourth-order valence-electron chi connectivity index (χ4n) is 2.33. The topological polar surface area (TPSA) is 54.5 Å². The van der Waals surface area contributed by atoms with Gasteiger partial charge < -0.3 is 15.0 Å². The summed E-state index contributed by atoms with van der Waals surface area (Å²) >= 11 is 3.38. The third-order valence-corrected chi connectivity index (χ3v) is 3.94. The first-order chi connectivity index (χ1) is 10.1. The minimum Gasteiger partial charge on any atom is -0.383 e. The van der Waals surface area contributed by atoms with Crippen LogP contribution in [0.4, 0.5) is 5.82 Å². The number of aromatic nitrogens is 1. The van der Waals surface area contributed by atoms with Gasteiger partial charge in [0.1, 0.15) is 5.82 Å². The SMILES string of the molecule is CCC(CC)N(CCOC)C(=O)c1cc(Br)cnc1NC. The van der Waals surface area contributed by atoms with Crippen LogP contribution in [0.5, 0.6) is 0 Å². The Labute approximate surface area is 135 Å². The molecule has 1 aromatic rings. The maximum Gasteiger partial charge on any atom is 0.257 e. The lowest BCUT2D eigenvalue weighted by atomic mass is 10.1. The summed E-state index contributed by atoms with van der Waals surface area (Å²) in [7, 11) is 3.42. The van der Waals surface area contributed by atoms with Crippen LogP contribution in [0.1, 0.15) is 37.0 Å². The van der Waals surface area contributed by atoms with Crippen LogP contribution in [-0.2, 0) is 4.74 Å². The summed E-state index contributed by atoms with van der Waals surface area (Å²) in [5.74, 6) is 0.579. The minimum absolute atomic E-state index is 0.0149. The quantitative estimate of drug-likeness (QED) is 0.776. The van der Waals surface area contributed by atoms with E-state index in [-0.39, 0.29) is 11.9 Å². The van der Waals surface area contributed by atoms with Crippen molar-refractivity contribution in [2.24, 2.45) is 0 Å². The number of rotatable bonds is 8. The molecule has 0 fully saturated rings. The molecule has 21 heavy (non-hydrogen) atoms. The Morgan fingerprint density at radius 1 is 1.48 bits per heavy atom.